The third-order valence-corrected chi connectivity index (χ3v) is 5.77. The van der Waals surface area contributed by atoms with Crippen LogP contribution in [-0.2, 0) is 30.3 Å². The second-order valence-electron chi connectivity index (χ2n) is 9.43. The standard InChI is InChI=1S/C25H38N4O7/c1-15(2)13-19(23(33)28-18(22(26)32)14-16-7-9-17(31)10-8-16)29-25(35)21-20(36-21)24(34)27-11-5-3-4-6-12-30/h7-10,15,18-21,30-31H,3-6,11-14H2,1-2H3,(H2,26,32)(H,27,34)(H,28,33)(H,29,35)/t18-,19-,20+,21+/m0/s1. The number of carbonyl (C=O) groups excluding carboxylic acids is 4. The van der Waals surface area contributed by atoms with E-state index in [1.54, 1.807) is 12.1 Å². The molecule has 200 valence electrons. The zero-order valence-electron chi connectivity index (χ0n) is 20.9. The van der Waals surface area contributed by atoms with Gasteiger partial charge in [0.15, 0.2) is 12.2 Å². The largest absolute Gasteiger partial charge is 0.508 e. The molecule has 7 N–H and O–H groups in total. The van der Waals surface area contributed by atoms with Crippen molar-refractivity contribution in [3.63, 3.8) is 0 Å². The molecule has 1 fully saturated rings. The average molecular weight is 507 g/mol. The van der Waals surface area contributed by atoms with E-state index >= 15 is 0 Å². The first-order valence-corrected chi connectivity index (χ1v) is 12.3. The Hall–Kier alpha value is -3.18. The highest BCUT2D eigenvalue weighted by atomic mass is 16.6. The van der Waals surface area contributed by atoms with Gasteiger partial charge in [-0.05, 0) is 42.9 Å². The fraction of sp³-hybridized carbons (Fsp3) is 0.600. The minimum atomic E-state index is -1.01. The number of ether oxygens (including phenoxy) is 1. The van der Waals surface area contributed by atoms with Crippen LogP contribution in [0.4, 0.5) is 0 Å². The molecule has 0 aliphatic carbocycles. The van der Waals surface area contributed by atoms with E-state index in [1.807, 2.05) is 13.8 Å². The zero-order chi connectivity index (χ0) is 26.7. The van der Waals surface area contributed by atoms with Gasteiger partial charge in [0.2, 0.25) is 11.8 Å². The molecule has 1 aromatic carbocycles. The van der Waals surface area contributed by atoms with Crippen LogP contribution in [0.15, 0.2) is 24.3 Å². The van der Waals surface area contributed by atoms with Gasteiger partial charge in [0.1, 0.15) is 17.8 Å². The molecular weight excluding hydrogens is 468 g/mol. The molecule has 11 nitrogen and oxygen atoms in total. The van der Waals surface area contributed by atoms with Crippen molar-refractivity contribution in [1.29, 1.82) is 0 Å². The molecule has 11 heteroatoms. The number of nitrogens with two attached hydrogens (primary N) is 1. The number of epoxide rings is 1. The number of primary amides is 1. The van der Waals surface area contributed by atoms with Gasteiger partial charge in [0.25, 0.3) is 11.8 Å². The first-order valence-electron chi connectivity index (χ1n) is 12.3. The van der Waals surface area contributed by atoms with E-state index in [2.05, 4.69) is 16.0 Å². The summed E-state index contributed by atoms with van der Waals surface area (Å²) in [5.41, 5.74) is 6.17. The molecule has 0 radical (unpaired) electrons. The molecule has 1 aliphatic heterocycles. The van der Waals surface area contributed by atoms with Crippen molar-refractivity contribution in [3.05, 3.63) is 29.8 Å². The van der Waals surface area contributed by atoms with Gasteiger partial charge in [-0.15, -0.1) is 0 Å². The number of carbonyl (C=O) groups is 4. The molecule has 0 unspecified atom stereocenters. The molecule has 2 rings (SSSR count). The number of phenols is 1. The molecule has 4 atom stereocenters. The number of unbranched alkanes of at least 4 members (excludes halogenated alkanes) is 3. The van der Waals surface area contributed by atoms with Gasteiger partial charge in [-0.1, -0.05) is 38.8 Å². The summed E-state index contributed by atoms with van der Waals surface area (Å²) in [6.45, 7) is 4.38. The van der Waals surface area contributed by atoms with Crippen LogP contribution in [0.2, 0.25) is 0 Å². The van der Waals surface area contributed by atoms with Crippen molar-refractivity contribution in [2.75, 3.05) is 13.2 Å². The predicted octanol–water partition coefficient (Wildman–Crippen LogP) is -0.128. The number of nitrogens with one attached hydrogen (secondary N) is 3. The van der Waals surface area contributed by atoms with Crippen molar-refractivity contribution in [2.24, 2.45) is 11.7 Å². The van der Waals surface area contributed by atoms with Crippen LogP contribution in [0, 0.1) is 5.92 Å². The summed E-state index contributed by atoms with van der Waals surface area (Å²) in [6, 6.07) is 4.22. The lowest BCUT2D eigenvalue weighted by atomic mass is 10.0. The monoisotopic (exact) mass is 506 g/mol. The fourth-order valence-electron chi connectivity index (χ4n) is 3.73. The molecule has 0 bridgehead atoms. The van der Waals surface area contributed by atoms with E-state index in [4.69, 9.17) is 15.6 Å². The Morgan fingerprint density at radius 2 is 1.58 bits per heavy atom. The fourth-order valence-corrected chi connectivity index (χ4v) is 3.73. The first-order chi connectivity index (χ1) is 17.1. The van der Waals surface area contributed by atoms with Gasteiger partial charge in [-0.3, -0.25) is 19.2 Å². The maximum Gasteiger partial charge on any atom is 0.253 e. The Morgan fingerprint density at radius 3 is 2.19 bits per heavy atom. The Kier molecular flexibility index (Phi) is 11.6. The number of hydrogen-bond donors (Lipinski definition) is 6. The molecule has 1 aliphatic rings. The van der Waals surface area contributed by atoms with E-state index < -0.39 is 42.0 Å². The highest BCUT2D eigenvalue weighted by molar-refractivity contribution is 5.97. The van der Waals surface area contributed by atoms with Crippen LogP contribution in [0.3, 0.4) is 0 Å². The van der Waals surface area contributed by atoms with Crippen molar-refractivity contribution < 1.29 is 34.1 Å². The summed E-state index contributed by atoms with van der Waals surface area (Å²) in [4.78, 5) is 49.8. The Labute approximate surface area is 211 Å². The molecule has 36 heavy (non-hydrogen) atoms. The van der Waals surface area contributed by atoms with E-state index in [0.717, 1.165) is 25.7 Å². The van der Waals surface area contributed by atoms with Crippen molar-refractivity contribution >= 4 is 23.6 Å². The Bertz CT molecular complexity index is 891. The van der Waals surface area contributed by atoms with E-state index in [9.17, 15) is 24.3 Å². The number of aliphatic hydroxyl groups excluding tert-OH is 1. The van der Waals surface area contributed by atoms with Crippen molar-refractivity contribution in [2.45, 2.75) is 76.7 Å². The van der Waals surface area contributed by atoms with Crippen LogP contribution in [-0.4, -0.2) is 71.3 Å². The molecule has 1 heterocycles. The minimum absolute atomic E-state index is 0.0511. The second kappa shape index (κ2) is 14.4. The lowest BCUT2D eigenvalue weighted by Gasteiger charge is -2.23. The minimum Gasteiger partial charge on any atom is -0.508 e. The first kappa shape index (κ1) is 29.1. The summed E-state index contributed by atoms with van der Waals surface area (Å²) in [6.07, 6.45) is 1.78. The number of aliphatic hydroxyl groups is 1. The van der Waals surface area contributed by atoms with Crippen molar-refractivity contribution in [1.82, 2.24) is 16.0 Å². The van der Waals surface area contributed by atoms with E-state index in [1.165, 1.54) is 12.1 Å². The number of aromatic hydroxyl groups is 1. The molecular formula is C25H38N4O7. The van der Waals surface area contributed by atoms with Crippen LogP contribution >= 0.6 is 0 Å². The summed E-state index contributed by atoms with van der Waals surface area (Å²) >= 11 is 0. The number of phenolic OH excluding ortho intramolecular Hbond substituents is 1. The average Bonchev–Trinajstić information content (AvgIpc) is 3.62. The van der Waals surface area contributed by atoms with Gasteiger partial charge in [-0.25, -0.2) is 0 Å². The van der Waals surface area contributed by atoms with Crippen LogP contribution in [0.5, 0.6) is 5.75 Å². The number of rotatable bonds is 16. The lowest BCUT2D eigenvalue weighted by Crippen LogP contribution is -2.54. The quantitative estimate of drug-likeness (QED) is 0.133. The molecule has 4 amide bonds. The maximum atomic E-state index is 13.0. The van der Waals surface area contributed by atoms with Gasteiger partial charge in [0.05, 0.1) is 0 Å². The SMILES string of the molecule is CC(C)C[C@H](NC(=O)[C@@H]1O[C@H]1C(=O)NCCCCCCO)C(=O)N[C@@H](Cc1ccc(O)cc1)C(N)=O. The molecule has 1 saturated heterocycles. The van der Waals surface area contributed by atoms with Gasteiger partial charge in [-0.2, -0.15) is 0 Å². The molecule has 0 saturated carbocycles. The summed E-state index contributed by atoms with van der Waals surface area (Å²) in [5, 5.41) is 26.2. The van der Waals surface area contributed by atoms with E-state index in [-0.39, 0.29) is 30.6 Å². The lowest BCUT2D eigenvalue weighted by molar-refractivity contribution is -0.132. The van der Waals surface area contributed by atoms with Crippen molar-refractivity contribution in [3.8, 4) is 5.75 Å². The van der Waals surface area contributed by atoms with Crippen LogP contribution in [0.25, 0.3) is 0 Å². The zero-order valence-corrected chi connectivity index (χ0v) is 20.9. The number of hydrogen-bond acceptors (Lipinski definition) is 7. The predicted molar refractivity (Wildman–Crippen MR) is 132 cm³/mol. The molecule has 0 aromatic heterocycles. The highest BCUT2D eigenvalue weighted by Crippen LogP contribution is 2.23. The summed E-state index contributed by atoms with van der Waals surface area (Å²) in [5.74, 6) is -2.13. The highest BCUT2D eigenvalue weighted by Gasteiger charge is 2.50. The van der Waals surface area contributed by atoms with Crippen LogP contribution in [0.1, 0.15) is 51.5 Å². The van der Waals surface area contributed by atoms with Gasteiger partial charge < -0.3 is 36.6 Å². The third-order valence-electron chi connectivity index (χ3n) is 5.77. The molecule has 1 aromatic rings. The molecule has 0 spiro atoms. The normalized spacial score (nSPS) is 18.2. The van der Waals surface area contributed by atoms with Gasteiger partial charge in [0, 0.05) is 19.6 Å². The topological polar surface area (TPSA) is 183 Å². The third kappa shape index (κ3) is 9.82. The Balaban J connectivity index is 1.89. The smallest absolute Gasteiger partial charge is 0.253 e. The summed E-state index contributed by atoms with van der Waals surface area (Å²) in [7, 11) is 0. The number of amides is 4. The maximum absolute atomic E-state index is 13.0. The summed E-state index contributed by atoms with van der Waals surface area (Å²) < 4.78 is 5.25. The van der Waals surface area contributed by atoms with Gasteiger partial charge >= 0.3 is 0 Å². The van der Waals surface area contributed by atoms with E-state index in [0.29, 0.717) is 18.5 Å². The second-order valence-corrected chi connectivity index (χ2v) is 9.43. The number of benzene rings is 1. The van der Waals surface area contributed by atoms with Crippen LogP contribution < -0.4 is 21.7 Å². The Morgan fingerprint density at radius 1 is 0.944 bits per heavy atom.